The molecule has 4 rings (SSSR count). The van der Waals surface area contributed by atoms with Gasteiger partial charge in [0.1, 0.15) is 24.0 Å². The summed E-state index contributed by atoms with van der Waals surface area (Å²) in [6, 6.07) is 7.19. The molecule has 3 aromatic heterocycles. The average molecular weight is 494 g/mol. The fourth-order valence-corrected chi connectivity index (χ4v) is 4.45. The van der Waals surface area contributed by atoms with E-state index >= 15 is 0 Å². The molecule has 0 amide bonds. The van der Waals surface area contributed by atoms with Crippen LogP contribution in [0.4, 0.5) is 11.6 Å². The van der Waals surface area contributed by atoms with Gasteiger partial charge in [0.25, 0.3) is 0 Å². The summed E-state index contributed by atoms with van der Waals surface area (Å²) in [7, 11) is 1.68. The second-order valence-electron chi connectivity index (χ2n) is 9.05. The molecule has 0 saturated carbocycles. The first-order chi connectivity index (χ1) is 17.6. The number of unbranched alkanes of at least 4 members (excludes halogenated alkanes) is 1. The van der Waals surface area contributed by atoms with E-state index in [1.807, 2.05) is 6.07 Å². The number of ether oxygens (including phenoxy) is 1. The number of pyridine rings is 2. The van der Waals surface area contributed by atoms with Crippen LogP contribution in [0.3, 0.4) is 0 Å². The zero-order valence-corrected chi connectivity index (χ0v) is 20.8. The van der Waals surface area contributed by atoms with Gasteiger partial charge in [0.15, 0.2) is 5.65 Å². The van der Waals surface area contributed by atoms with Crippen LogP contribution >= 0.6 is 0 Å². The van der Waals surface area contributed by atoms with Crippen molar-refractivity contribution in [2.75, 3.05) is 50.5 Å². The fourth-order valence-electron chi connectivity index (χ4n) is 4.45. The summed E-state index contributed by atoms with van der Waals surface area (Å²) in [4.78, 5) is 31.7. The first kappa shape index (κ1) is 25.7. The number of nitrogens with one attached hydrogen (secondary N) is 2. The zero-order valence-electron chi connectivity index (χ0n) is 20.8. The summed E-state index contributed by atoms with van der Waals surface area (Å²) in [5.41, 5.74) is 2.96. The SMILES string of the molecule is COCCN(CCCCc1ccc2c(n1)NCCC2)CC[C@H](Nc1ncnc2ncccc12)C(=O)O. The Morgan fingerprint density at radius 3 is 2.97 bits per heavy atom. The van der Waals surface area contributed by atoms with Gasteiger partial charge < -0.3 is 25.4 Å². The summed E-state index contributed by atoms with van der Waals surface area (Å²) < 4.78 is 5.28. The van der Waals surface area contributed by atoms with Gasteiger partial charge in [-0.1, -0.05) is 6.07 Å². The van der Waals surface area contributed by atoms with Crippen LogP contribution in [0.1, 0.15) is 36.9 Å². The number of nitrogens with zero attached hydrogens (tertiary/aromatic N) is 5. The van der Waals surface area contributed by atoms with Crippen molar-refractivity contribution < 1.29 is 14.6 Å². The van der Waals surface area contributed by atoms with Crippen molar-refractivity contribution in [1.82, 2.24) is 24.8 Å². The molecule has 3 aromatic rings. The molecule has 0 fully saturated rings. The highest BCUT2D eigenvalue weighted by molar-refractivity contribution is 5.88. The molecule has 1 atom stereocenters. The Morgan fingerprint density at radius 2 is 2.11 bits per heavy atom. The van der Waals surface area contributed by atoms with E-state index in [4.69, 9.17) is 9.72 Å². The molecule has 4 heterocycles. The van der Waals surface area contributed by atoms with E-state index in [0.717, 1.165) is 63.3 Å². The lowest BCUT2D eigenvalue weighted by Crippen LogP contribution is -2.37. The molecule has 3 N–H and O–H groups in total. The maximum Gasteiger partial charge on any atom is 0.326 e. The van der Waals surface area contributed by atoms with Crippen LogP contribution in [0.25, 0.3) is 11.0 Å². The second-order valence-corrected chi connectivity index (χ2v) is 9.05. The minimum atomic E-state index is -0.913. The number of aryl methyl sites for hydroxylation is 2. The van der Waals surface area contributed by atoms with E-state index in [1.54, 1.807) is 19.4 Å². The van der Waals surface area contributed by atoms with Crippen molar-refractivity contribution in [2.45, 2.75) is 44.6 Å². The summed E-state index contributed by atoms with van der Waals surface area (Å²) in [5, 5.41) is 17.0. The van der Waals surface area contributed by atoms with Gasteiger partial charge in [-0.25, -0.2) is 24.7 Å². The van der Waals surface area contributed by atoms with Crippen molar-refractivity contribution in [3.8, 4) is 0 Å². The fraction of sp³-hybridized carbons (Fsp3) is 0.500. The van der Waals surface area contributed by atoms with E-state index in [2.05, 4.69) is 42.6 Å². The van der Waals surface area contributed by atoms with Crippen molar-refractivity contribution in [3.63, 3.8) is 0 Å². The van der Waals surface area contributed by atoms with Crippen molar-refractivity contribution in [3.05, 3.63) is 48.0 Å². The third kappa shape index (κ3) is 7.08. The smallest absolute Gasteiger partial charge is 0.326 e. The van der Waals surface area contributed by atoms with Gasteiger partial charge in [0.05, 0.1) is 12.0 Å². The molecule has 0 aliphatic carbocycles. The number of methoxy groups -OCH3 is 1. The molecule has 192 valence electrons. The molecule has 0 spiro atoms. The van der Waals surface area contributed by atoms with Crippen LogP contribution < -0.4 is 10.6 Å². The molecule has 10 heteroatoms. The van der Waals surface area contributed by atoms with E-state index < -0.39 is 12.0 Å². The molecule has 0 aromatic carbocycles. The Bertz CT molecular complexity index is 1140. The molecular formula is C26H35N7O3. The van der Waals surface area contributed by atoms with Gasteiger partial charge in [0.2, 0.25) is 0 Å². The van der Waals surface area contributed by atoms with Crippen molar-refractivity contribution in [1.29, 1.82) is 0 Å². The molecule has 0 radical (unpaired) electrons. The second kappa shape index (κ2) is 13.1. The maximum absolute atomic E-state index is 12.0. The van der Waals surface area contributed by atoms with Crippen molar-refractivity contribution in [2.24, 2.45) is 0 Å². The third-order valence-electron chi connectivity index (χ3n) is 6.47. The minimum Gasteiger partial charge on any atom is -0.480 e. The highest BCUT2D eigenvalue weighted by Gasteiger charge is 2.20. The van der Waals surface area contributed by atoms with Gasteiger partial charge in [-0.05, 0) is 68.8 Å². The monoisotopic (exact) mass is 493 g/mol. The number of rotatable bonds is 14. The number of aliphatic carboxylic acids is 1. The molecule has 1 aliphatic heterocycles. The highest BCUT2D eigenvalue weighted by Crippen LogP contribution is 2.21. The lowest BCUT2D eigenvalue weighted by molar-refractivity contribution is -0.138. The molecule has 0 unspecified atom stereocenters. The Hall–Kier alpha value is -3.37. The quantitative estimate of drug-likeness (QED) is 0.289. The normalized spacial score (nSPS) is 13.8. The number of aromatic nitrogens is 4. The van der Waals surface area contributed by atoms with Crippen LogP contribution in [0, 0.1) is 0 Å². The predicted molar refractivity (Wildman–Crippen MR) is 139 cm³/mol. The Balaban J connectivity index is 1.29. The molecule has 0 bridgehead atoms. The van der Waals surface area contributed by atoms with E-state index in [1.165, 1.54) is 11.9 Å². The van der Waals surface area contributed by atoms with Gasteiger partial charge >= 0.3 is 5.97 Å². The predicted octanol–water partition coefficient (Wildman–Crippen LogP) is 3.00. The van der Waals surface area contributed by atoms with Crippen molar-refractivity contribution >= 4 is 28.6 Å². The van der Waals surface area contributed by atoms with Gasteiger partial charge in [-0.2, -0.15) is 0 Å². The molecular weight excluding hydrogens is 458 g/mol. The number of hydrogen-bond donors (Lipinski definition) is 3. The van der Waals surface area contributed by atoms with Gasteiger partial charge in [0, 0.05) is 38.6 Å². The Morgan fingerprint density at radius 1 is 1.19 bits per heavy atom. The maximum atomic E-state index is 12.0. The molecule has 10 nitrogen and oxygen atoms in total. The van der Waals surface area contributed by atoms with Crippen LogP contribution in [0.2, 0.25) is 0 Å². The molecule has 36 heavy (non-hydrogen) atoms. The summed E-state index contributed by atoms with van der Waals surface area (Å²) >= 11 is 0. The summed E-state index contributed by atoms with van der Waals surface area (Å²) in [6.45, 7) is 3.86. The first-order valence-corrected chi connectivity index (χ1v) is 12.6. The van der Waals surface area contributed by atoms with E-state index in [-0.39, 0.29) is 0 Å². The van der Waals surface area contributed by atoms with Gasteiger partial charge in [-0.3, -0.25) is 0 Å². The average Bonchev–Trinajstić information content (AvgIpc) is 2.91. The number of carboxylic acids is 1. The lowest BCUT2D eigenvalue weighted by atomic mass is 10.1. The third-order valence-corrected chi connectivity index (χ3v) is 6.47. The van der Waals surface area contributed by atoms with Crippen LogP contribution in [0.15, 0.2) is 36.8 Å². The number of hydrogen-bond acceptors (Lipinski definition) is 9. The zero-order chi connectivity index (χ0) is 25.2. The Kier molecular flexibility index (Phi) is 9.34. The summed E-state index contributed by atoms with van der Waals surface area (Å²) in [5.74, 6) is 0.611. The number of carbonyl (C=O) groups is 1. The molecule has 1 aliphatic rings. The number of carboxylic acid groups (broad SMARTS) is 1. The number of fused-ring (bicyclic) bond motifs is 2. The van der Waals surface area contributed by atoms with E-state index in [0.29, 0.717) is 36.4 Å². The minimum absolute atomic E-state index is 0.433. The first-order valence-electron chi connectivity index (χ1n) is 12.6. The van der Waals surface area contributed by atoms with E-state index in [9.17, 15) is 9.90 Å². The van der Waals surface area contributed by atoms with Crippen LogP contribution in [0.5, 0.6) is 0 Å². The lowest BCUT2D eigenvalue weighted by Gasteiger charge is -2.24. The van der Waals surface area contributed by atoms with Crippen LogP contribution in [-0.4, -0.2) is 81.8 Å². The number of anilines is 2. The van der Waals surface area contributed by atoms with Gasteiger partial charge in [-0.15, -0.1) is 0 Å². The summed E-state index contributed by atoms with van der Waals surface area (Å²) in [6.07, 6.45) is 8.70. The topological polar surface area (TPSA) is 125 Å². The van der Waals surface area contributed by atoms with Crippen LogP contribution in [-0.2, 0) is 22.4 Å². The largest absolute Gasteiger partial charge is 0.480 e. The highest BCUT2D eigenvalue weighted by atomic mass is 16.5. The standard InChI is InChI=1S/C26H35N7O3/c1-36-17-16-33(14-3-2-7-20-10-9-19-6-4-12-27-23(19)31-20)15-11-22(26(34)35)32-25-21-8-5-13-28-24(21)29-18-30-25/h5,8-10,13,18,22H,2-4,6-7,11-12,14-17H2,1H3,(H,27,31)(H,34,35)(H,28,29,30,32)/t22-/m0/s1. The Labute approximate surface area is 211 Å². The molecule has 0 saturated heterocycles.